The summed E-state index contributed by atoms with van der Waals surface area (Å²) < 4.78 is 27.0. The fourth-order valence-electron chi connectivity index (χ4n) is 2.96. The molecule has 5 nitrogen and oxygen atoms in total. The molecule has 1 fully saturated rings. The predicted molar refractivity (Wildman–Crippen MR) is 96.7 cm³/mol. The standard InChI is InChI=1S/C18H19ClN2O3S/c19-15-8-4-9-16(12-15)25(23,24)21-11-5-10-17(21)18(22)20-13-14-6-2-1-3-7-14/h1-4,6-9,12,17H,5,10-11,13H2,(H,20,22)/t17-/m0/s1. The lowest BCUT2D eigenvalue weighted by molar-refractivity contribution is -0.124. The summed E-state index contributed by atoms with van der Waals surface area (Å²) in [4.78, 5) is 12.6. The Kier molecular flexibility index (Phi) is 5.42. The first-order chi connectivity index (χ1) is 12.0. The van der Waals surface area contributed by atoms with Gasteiger partial charge in [-0.25, -0.2) is 8.42 Å². The van der Waals surface area contributed by atoms with Gasteiger partial charge < -0.3 is 5.32 Å². The van der Waals surface area contributed by atoms with Crippen molar-refractivity contribution in [2.75, 3.05) is 6.54 Å². The van der Waals surface area contributed by atoms with E-state index in [9.17, 15) is 13.2 Å². The fourth-order valence-corrected chi connectivity index (χ4v) is 4.91. The average molecular weight is 379 g/mol. The summed E-state index contributed by atoms with van der Waals surface area (Å²) >= 11 is 5.91. The van der Waals surface area contributed by atoms with E-state index in [1.54, 1.807) is 12.1 Å². The number of carbonyl (C=O) groups is 1. The van der Waals surface area contributed by atoms with Gasteiger partial charge in [-0.05, 0) is 36.6 Å². The Labute approximate surface area is 152 Å². The lowest BCUT2D eigenvalue weighted by atomic mass is 10.2. The SMILES string of the molecule is O=C(NCc1ccccc1)[C@@H]1CCCN1S(=O)(=O)c1cccc(Cl)c1. The van der Waals surface area contributed by atoms with Gasteiger partial charge in [0.2, 0.25) is 15.9 Å². The van der Waals surface area contributed by atoms with Gasteiger partial charge in [0.1, 0.15) is 6.04 Å². The summed E-state index contributed by atoms with van der Waals surface area (Å²) in [5.41, 5.74) is 0.970. The van der Waals surface area contributed by atoms with Crippen molar-refractivity contribution in [1.82, 2.24) is 9.62 Å². The average Bonchev–Trinajstić information content (AvgIpc) is 3.11. The summed E-state index contributed by atoms with van der Waals surface area (Å²) in [6, 6.07) is 15.0. The number of carbonyl (C=O) groups excluding carboxylic acids is 1. The highest BCUT2D eigenvalue weighted by Gasteiger charge is 2.39. The minimum absolute atomic E-state index is 0.114. The van der Waals surface area contributed by atoms with Crippen LogP contribution in [0.3, 0.4) is 0 Å². The van der Waals surface area contributed by atoms with Crippen LogP contribution in [0.15, 0.2) is 59.5 Å². The van der Waals surface area contributed by atoms with Crippen molar-refractivity contribution in [3.8, 4) is 0 Å². The number of rotatable bonds is 5. The van der Waals surface area contributed by atoms with E-state index in [4.69, 9.17) is 11.6 Å². The van der Waals surface area contributed by atoms with E-state index in [0.717, 1.165) is 5.56 Å². The van der Waals surface area contributed by atoms with E-state index in [0.29, 0.717) is 31.0 Å². The lowest BCUT2D eigenvalue weighted by Gasteiger charge is -2.23. The number of hydrogen-bond donors (Lipinski definition) is 1. The van der Waals surface area contributed by atoms with Gasteiger partial charge in [0, 0.05) is 18.1 Å². The molecular formula is C18H19ClN2O3S. The molecule has 7 heteroatoms. The minimum Gasteiger partial charge on any atom is -0.351 e. The van der Waals surface area contributed by atoms with Crippen molar-refractivity contribution < 1.29 is 13.2 Å². The van der Waals surface area contributed by atoms with Crippen LogP contribution in [0.5, 0.6) is 0 Å². The Morgan fingerprint density at radius 2 is 1.92 bits per heavy atom. The van der Waals surface area contributed by atoms with Gasteiger partial charge in [-0.3, -0.25) is 4.79 Å². The van der Waals surface area contributed by atoms with Crippen molar-refractivity contribution in [3.05, 3.63) is 65.2 Å². The Balaban J connectivity index is 1.74. The molecule has 132 valence electrons. The van der Waals surface area contributed by atoms with Crippen molar-refractivity contribution in [2.24, 2.45) is 0 Å². The Morgan fingerprint density at radius 1 is 1.16 bits per heavy atom. The molecule has 0 saturated carbocycles. The highest BCUT2D eigenvalue weighted by atomic mass is 35.5. The number of sulfonamides is 1. The molecule has 1 amide bonds. The summed E-state index contributed by atoms with van der Waals surface area (Å²) in [5.74, 6) is -0.271. The first kappa shape index (κ1) is 17.9. The number of amides is 1. The van der Waals surface area contributed by atoms with Crippen LogP contribution >= 0.6 is 11.6 Å². The molecule has 1 atom stereocenters. The van der Waals surface area contributed by atoms with E-state index in [-0.39, 0.29) is 10.8 Å². The van der Waals surface area contributed by atoms with Crippen LogP contribution in [-0.4, -0.2) is 31.2 Å². The van der Waals surface area contributed by atoms with Crippen LogP contribution in [0, 0.1) is 0 Å². The molecule has 2 aromatic carbocycles. The van der Waals surface area contributed by atoms with Crippen LogP contribution in [0.25, 0.3) is 0 Å². The van der Waals surface area contributed by atoms with Crippen molar-refractivity contribution in [3.63, 3.8) is 0 Å². The van der Waals surface area contributed by atoms with Gasteiger partial charge >= 0.3 is 0 Å². The minimum atomic E-state index is -3.75. The number of hydrogen-bond acceptors (Lipinski definition) is 3. The Morgan fingerprint density at radius 3 is 2.64 bits per heavy atom. The monoisotopic (exact) mass is 378 g/mol. The van der Waals surface area contributed by atoms with Gasteiger partial charge in [0.25, 0.3) is 0 Å². The highest BCUT2D eigenvalue weighted by molar-refractivity contribution is 7.89. The van der Waals surface area contributed by atoms with E-state index >= 15 is 0 Å². The topological polar surface area (TPSA) is 66.5 Å². The van der Waals surface area contributed by atoms with Crippen LogP contribution in [-0.2, 0) is 21.4 Å². The molecular weight excluding hydrogens is 360 g/mol. The summed E-state index contributed by atoms with van der Waals surface area (Å²) in [7, 11) is -3.75. The van der Waals surface area contributed by atoms with Gasteiger partial charge in [-0.2, -0.15) is 4.31 Å². The molecule has 0 bridgehead atoms. The summed E-state index contributed by atoms with van der Waals surface area (Å²) in [6.07, 6.45) is 1.17. The molecule has 1 aliphatic heterocycles. The maximum absolute atomic E-state index is 12.9. The van der Waals surface area contributed by atoms with Gasteiger partial charge in [-0.1, -0.05) is 48.0 Å². The zero-order valence-corrected chi connectivity index (χ0v) is 15.1. The van der Waals surface area contributed by atoms with Crippen LogP contribution in [0.1, 0.15) is 18.4 Å². The third kappa shape index (κ3) is 4.03. The number of nitrogens with zero attached hydrogens (tertiary/aromatic N) is 1. The molecule has 3 rings (SSSR count). The van der Waals surface area contributed by atoms with Crippen LogP contribution in [0.4, 0.5) is 0 Å². The number of nitrogens with one attached hydrogen (secondary N) is 1. The van der Waals surface area contributed by atoms with Crippen LogP contribution < -0.4 is 5.32 Å². The van der Waals surface area contributed by atoms with Gasteiger partial charge in [0.15, 0.2) is 0 Å². The normalized spacial score (nSPS) is 18.2. The van der Waals surface area contributed by atoms with E-state index in [2.05, 4.69) is 5.32 Å². The third-order valence-electron chi connectivity index (χ3n) is 4.22. The molecule has 0 radical (unpaired) electrons. The number of halogens is 1. The van der Waals surface area contributed by atoms with E-state index < -0.39 is 16.1 Å². The third-order valence-corrected chi connectivity index (χ3v) is 6.36. The summed E-state index contributed by atoms with van der Waals surface area (Å²) in [6.45, 7) is 0.708. The van der Waals surface area contributed by atoms with Gasteiger partial charge in [0.05, 0.1) is 4.90 Å². The maximum Gasteiger partial charge on any atom is 0.243 e. The smallest absolute Gasteiger partial charge is 0.243 e. The highest BCUT2D eigenvalue weighted by Crippen LogP contribution is 2.27. The first-order valence-corrected chi connectivity index (χ1v) is 9.89. The second-order valence-electron chi connectivity index (χ2n) is 5.93. The molecule has 0 aromatic heterocycles. The zero-order valence-electron chi connectivity index (χ0n) is 13.6. The van der Waals surface area contributed by atoms with Crippen LogP contribution in [0.2, 0.25) is 5.02 Å². The first-order valence-electron chi connectivity index (χ1n) is 8.07. The van der Waals surface area contributed by atoms with E-state index in [1.807, 2.05) is 30.3 Å². The summed E-state index contributed by atoms with van der Waals surface area (Å²) in [5, 5.41) is 3.19. The fraction of sp³-hybridized carbons (Fsp3) is 0.278. The Hall–Kier alpha value is -1.89. The second kappa shape index (κ2) is 7.56. The predicted octanol–water partition coefficient (Wildman–Crippen LogP) is 2.81. The molecule has 25 heavy (non-hydrogen) atoms. The molecule has 0 spiro atoms. The zero-order chi connectivity index (χ0) is 17.9. The Bertz CT molecular complexity index is 856. The van der Waals surface area contributed by atoms with Gasteiger partial charge in [-0.15, -0.1) is 0 Å². The van der Waals surface area contributed by atoms with Crippen molar-refractivity contribution in [2.45, 2.75) is 30.3 Å². The molecule has 1 N–H and O–H groups in total. The molecule has 1 saturated heterocycles. The number of benzene rings is 2. The molecule has 2 aromatic rings. The second-order valence-corrected chi connectivity index (χ2v) is 8.26. The molecule has 0 aliphatic carbocycles. The quantitative estimate of drug-likeness (QED) is 0.869. The lowest BCUT2D eigenvalue weighted by Crippen LogP contribution is -2.45. The maximum atomic E-state index is 12.9. The van der Waals surface area contributed by atoms with Crippen molar-refractivity contribution >= 4 is 27.5 Å². The molecule has 0 unspecified atom stereocenters. The van der Waals surface area contributed by atoms with E-state index in [1.165, 1.54) is 16.4 Å². The molecule has 1 aliphatic rings. The largest absolute Gasteiger partial charge is 0.351 e. The van der Waals surface area contributed by atoms with Crippen molar-refractivity contribution in [1.29, 1.82) is 0 Å². The molecule has 1 heterocycles.